The Morgan fingerprint density at radius 3 is 2.76 bits per heavy atom. The molecule has 0 amide bonds. The van der Waals surface area contributed by atoms with Gasteiger partial charge >= 0.3 is 5.97 Å². The van der Waals surface area contributed by atoms with Crippen LogP contribution in [-0.2, 0) is 0 Å². The van der Waals surface area contributed by atoms with E-state index >= 15 is 0 Å². The maximum absolute atomic E-state index is 11.1. The van der Waals surface area contributed by atoms with E-state index < -0.39 is 5.97 Å². The Hall–Kier alpha value is -2.10. The van der Waals surface area contributed by atoms with Gasteiger partial charge in [-0.15, -0.1) is 0 Å². The lowest BCUT2D eigenvalue weighted by atomic mass is 10.1. The number of carbonyl (C=O) groups is 1. The van der Waals surface area contributed by atoms with Crippen molar-refractivity contribution in [3.05, 3.63) is 42.0 Å². The topological polar surface area (TPSA) is 63.3 Å². The molecule has 4 heteroatoms. The summed E-state index contributed by atoms with van der Waals surface area (Å²) in [6.45, 7) is 0. The molecule has 1 aliphatic carbocycles. The molecule has 86 valence electrons. The summed E-state index contributed by atoms with van der Waals surface area (Å²) >= 11 is 0. The van der Waals surface area contributed by atoms with Crippen LogP contribution < -0.4 is 0 Å². The second kappa shape index (κ2) is 3.73. The lowest BCUT2D eigenvalue weighted by Gasteiger charge is -2.05. The van der Waals surface area contributed by atoms with Gasteiger partial charge in [-0.1, -0.05) is 0 Å². The first-order chi connectivity index (χ1) is 8.25. The van der Waals surface area contributed by atoms with Gasteiger partial charge in [0.2, 0.25) is 0 Å². The molecule has 1 fully saturated rings. The van der Waals surface area contributed by atoms with Crippen LogP contribution in [0.25, 0.3) is 11.3 Å². The lowest BCUT2D eigenvalue weighted by Crippen LogP contribution is -2.04. The summed E-state index contributed by atoms with van der Waals surface area (Å²) in [4.78, 5) is 15.6. The highest BCUT2D eigenvalue weighted by atomic mass is 16.4. The number of aromatic nitrogens is 1. The normalized spacial score (nSPS) is 14.8. The lowest BCUT2D eigenvalue weighted by molar-refractivity contribution is 0.0695. The van der Waals surface area contributed by atoms with Crippen molar-refractivity contribution < 1.29 is 14.3 Å². The van der Waals surface area contributed by atoms with Crippen LogP contribution in [0, 0.1) is 0 Å². The summed E-state index contributed by atoms with van der Waals surface area (Å²) in [6.07, 6.45) is 5.25. The van der Waals surface area contributed by atoms with E-state index in [9.17, 15) is 4.79 Å². The Bertz CT molecular complexity index is 556. The van der Waals surface area contributed by atoms with Crippen LogP contribution in [0.3, 0.4) is 0 Å². The van der Waals surface area contributed by atoms with Crippen molar-refractivity contribution in [3.8, 4) is 11.3 Å². The quantitative estimate of drug-likeness (QED) is 0.878. The molecule has 2 heterocycles. The molecule has 0 atom stereocenters. The van der Waals surface area contributed by atoms with Gasteiger partial charge in [0.15, 0.2) is 0 Å². The van der Waals surface area contributed by atoms with Gasteiger partial charge in [0.1, 0.15) is 0 Å². The van der Waals surface area contributed by atoms with E-state index in [-0.39, 0.29) is 0 Å². The molecule has 0 saturated heterocycles. The molecule has 1 saturated carbocycles. The van der Waals surface area contributed by atoms with E-state index in [0.29, 0.717) is 17.2 Å². The van der Waals surface area contributed by atoms with E-state index in [1.807, 2.05) is 6.07 Å². The standard InChI is InChI=1S/C13H11NO3/c15-13(16)10-3-4-11(9-5-6-17-7-9)14-12(10)8-1-2-8/h3-8H,1-2H2,(H,15,16). The molecule has 1 N–H and O–H groups in total. The van der Waals surface area contributed by atoms with Gasteiger partial charge in [0.25, 0.3) is 0 Å². The maximum atomic E-state index is 11.1. The molecule has 1 aliphatic rings. The van der Waals surface area contributed by atoms with Crippen molar-refractivity contribution in [2.45, 2.75) is 18.8 Å². The van der Waals surface area contributed by atoms with E-state index in [1.165, 1.54) is 0 Å². The van der Waals surface area contributed by atoms with Gasteiger partial charge in [-0.05, 0) is 31.0 Å². The van der Waals surface area contributed by atoms with Crippen molar-refractivity contribution in [1.82, 2.24) is 4.98 Å². The summed E-state index contributed by atoms with van der Waals surface area (Å²) in [5, 5.41) is 9.11. The van der Waals surface area contributed by atoms with E-state index in [0.717, 1.165) is 24.1 Å². The Balaban J connectivity index is 2.09. The minimum Gasteiger partial charge on any atom is -0.478 e. The zero-order valence-electron chi connectivity index (χ0n) is 9.09. The molecule has 2 aromatic heterocycles. The second-order valence-corrected chi connectivity index (χ2v) is 4.22. The van der Waals surface area contributed by atoms with Crippen molar-refractivity contribution in [3.63, 3.8) is 0 Å². The first-order valence-corrected chi connectivity index (χ1v) is 5.52. The highest BCUT2D eigenvalue weighted by molar-refractivity contribution is 5.89. The van der Waals surface area contributed by atoms with Gasteiger partial charge in [-0.3, -0.25) is 4.98 Å². The molecule has 0 aliphatic heterocycles. The molecule has 17 heavy (non-hydrogen) atoms. The number of nitrogens with zero attached hydrogens (tertiary/aromatic N) is 1. The molecule has 0 spiro atoms. The number of carboxylic acid groups (broad SMARTS) is 1. The van der Waals surface area contributed by atoms with Gasteiger partial charge in [0, 0.05) is 11.5 Å². The zero-order valence-corrected chi connectivity index (χ0v) is 9.09. The Labute approximate surface area is 97.9 Å². The van der Waals surface area contributed by atoms with E-state index in [2.05, 4.69) is 4.98 Å². The summed E-state index contributed by atoms with van der Waals surface area (Å²) in [7, 11) is 0. The maximum Gasteiger partial charge on any atom is 0.337 e. The second-order valence-electron chi connectivity index (χ2n) is 4.22. The fourth-order valence-electron chi connectivity index (χ4n) is 1.89. The summed E-state index contributed by atoms with van der Waals surface area (Å²) < 4.78 is 5.01. The zero-order chi connectivity index (χ0) is 11.8. The largest absolute Gasteiger partial charge is 0.478 e. The van der Waals surface area contributed by atoms with E-state index in [4.69, 9.17) is 9.52 Å². The van der Waals surface area contributed by atoms with Gasteiger partial charge in [0.05, 0.1) is 29.5 Å². The number of hydrogen-bond donors (Lipinski definition) is 1. The monoisotopic (exact) mass is 229 g/mol. The van der Waals surface area contributed by atoms with Crippen LogP contribution in [0.15, 0.2) is 35.1 Å². The number of rotatable bonds is 3. The van der Waals surface area contributed by atoms with Crippen molar-refractivity contribution in [1.29, 1.82) is 0 Å². The third-order valence-corrected chi connectivity index (χ3v) is 2.94. The molecule has 0 radical (unpaired) electrons. The van der Waals surface area contributed by atoms with Crippen LogP contribution in [0.4, 0.5) is 0 Å². The van der Waals surface area contributed by atoms with Crippen molar-refractivity contribution in [2.24, 2.45) is 0 Å². The number of carboxylic acids is 1. The minimum atomic E-state index is -0.904. The molecule has 0 unspecified atom stereocenters. The van der Waals surface area contributed by atoms with Crippen LogP contribution in [0.5, 0.6) is 0 Å². The summed E-state index contributed by atoms with van der Waals surface area (Å²) in [6, 6.07) is 5.17. The Kier molecular flexibility index (Phi) is 2.21. The molecule has 4 nitrogen and oxygen atoms in total. The van der Waals surface area contributed by atoms with Gasteiger partial charge in [-0.25, -0.2) is 4.79 Å². The number of pyridine rings is 1. The Morgan fingerprint density at radius 2 is 2.18 bits per heavy atom. The molecular weight excluding hydrogens is 218 g/mol. The highest BCUT2D eigenvalue weighted by Gasteiger charge is 2.30. The predicted molar refractivity (Wildman–Crippen MR) is 60.9 cm³/mol. The Morgan fingerprint density at radius 1 is 1.35 bits per heavy atom. The molecule has 0 bridgehead atoms. The molecule has 3 rings (SSSR count). The summed E-state index contributed by atoms with van der Waals surface area (Å²) in [5.41, 5.74) is 2.67. The average molecular weight is 229 g/mol. The number of furan rings is 1. The van der Waals surface area contributed by atoms with Crippen LogP contribution in [-0.4, -0.2) is 16.1 Å². The van der Waals surface area contributed by atoms with Crippen LogP contribution in [0.1, 0.15) is 34.8 Å². The highest BCUT2D eigenvalue weighted by Crippen LogP contribution is 2.41. The first kappa shape index (κ1) is 10.1. The third kappa shape index (κ3) is 1.82. The molecule has 0 aromatic carbocycles. The fraction of sp³-hybridized carbons (Fsp3) is 0.231. The van der Waals surface area contributed by atoms with Crippen LogP contribution in [0.2, 0.25) is 0 Å². The molecule has 2 aromatic rings. The fourth-order valence-corrected chi connectivity index (χ4v) is 1.89. The van der Waals surface area contributed by atoms with E-state index in [1.54, 1.807) is 24.7 Å². The van der Waals surface area contributed by atoms with Crippen molar-refractivity contribution in [2.75, 3.05) is 0 Å². The first-order valence-electron chi connectivity index (χ1n) is 5.52. The summed E-state index contributed by atoms with van der Waals surface area (Å²) in [5.74, 6) is -0.592. The smallest absolute Gasteiger partial charge is 0.337 e. The van der Waals surface area contributed by atoms with Gasteiger partial charge < -0.3 is 9.52 Å². The molecular formula is C13H11NO3. The number of aromatic carboxylic acids is 1. The minimum absolute atomic E-state index is 0.313. The third-order valence-electron chi connectivity index (χ3n) is 2.94. The van der Waals surface area contributed by atoms with Crippen molar-refractivity contribution >= 4 is 5.97 Å². The predicted octanol–water partition coefficient (Wildman–Crippen LogP) is 2.92. The van der Waals surface area contributed by atoms with Crippen LogP contribution >= 0.6 is 0 Å². The van der Waals surface area contributed by atoms with Gasteiger partial charge in [-0.2, -0.15) is 0 Å². The SMILES string of the molecule is O=C(O)c1ccc(-c2ccoc2)nc1C1CC1. The average Bonchev–Trinajstić information content (AvgIpc) is 3.03. The number of hydrogen-bond acceptors (Lipinski definition) is 3.